The minimum absolute atomic E-state index is 0.00548. The first-order chi connectivity index (χ1) is 6.52. The van der Waals surface area contributed by atoms with Crippen LogP contribution in [0.3, 0.4) is 0 Å². The summed E-state index contributed by atoms with van der Waals surface area (Å²) in [6.07, 6.45) is 2.31. The Morgan fingerprint density at radius 1 is 1.50 bits per heavy atom. The van der Waals surface area contributed by atoms with Crippen molar-refractivity contribution >= 4 is 22.6 Å². The number of nitrogens with zero attached hydrogens (tertiary/aromatic N) is 3. The predicted molar refractivity (Wildman–Crippen MR) is 55.0 cm³/mol. The lowest BCUT2D eigenvalue weighted by atomic mass is 9.98. The van der Waals surface area contributed by atoms with Gasteiger partial charge in [0.2, 0.25) is 4.96 Å². The van der Waals surface area contributed by atoms with Gasteiger partial charge in [0.25, 0.3) is 0 Å². The zero-order valence-corrected chi connectivity index (χ0v) is 9.13. The van der Waals surface area contributed by atoms with E-state index < -0.39 is 0 Å². The van der Waals surface area contributed by atoms with Crippen LogP contribution in [0.1, 0.15) is 36.3 Å². The Morgan fingerprint density at radius 3 is 2.79 bits per heavy atom. The van der Waals surface area contributed by atoms with E-state index in [4.69, 9.17) is 0 Å². The van der Waals surface area contributed by atoms with Crippen LogP contribution in [0.4, 0.5) is 0 Å². The number of imidazole rings is 1. The average Bonchev–Trinajstić information content (AvgIpc) is 2.58. The molecule has 0 N–H and O–H groups in total. The van der Waals surface area contributed by atoms with E-state index in [2.05, 4.69) is 30.9 Å². The van der Waals surface area contributed by atoms with E-state index in [0.717, 1.165) is 16.3 Å². The maximum absolute atomic E-state index is 10.6. The van der Waals surface area contributed by atoms with Crippen molar-refractivity contribution in [3.8, 4) is 0 Å². The quantitative estimate of drug-likeness (QED) is 0.674. The van der Waals surface area contributed by atoms with Gasteiger partial charge in [0.05, 0.1) is 6.20 Å². The van der Waals surface area contributed by atoms with E-state index in [9.17, 15) is 4.79 Å². The minimum atomic E-state index is 0.00548. The number of aromatic nitrogens is 3. The van der Waals surface area contributed by atoms with E-state index in [0.29, 0.717) is 5.69 Å². The molecule has 0 unspecified atom stereocenters. The van der Waals surface area contributed by atoms with Gasteiger partial charge >= 0.3 is 0 Å². The molecule has 0 spiro atoms. The molecule has 0 amide bonds. The molecule has 0 aliphatic heterocycles. The maximum atomic E-state index is 10.6. The van der Waals surface area contributed by atoms with Crippen molar-refractivity contribution in [1.82, 2.24) is 14.6 Å². The molecule has 2 aromatic heterocycles. The molecule has 0 radical (unpaired) electrons. The zero-order chi connectivity index (χ0) is 10.3. The van der Waals surface area contributed by atoms with Crippen LogP contribution in [0.5, 0.6) is 0 Å². The molecular weight excluding hydrogens is 198 g/mol. The SMILES string of the molecule is CC(C)(C)c1nn2c(C=O)cnc2s1. The van der Waals surface area contributed by atoms with Crippen molar-refractivity contribution in [3.63, 3.8) is 0 Å². The molecule has 0 aliphatic carbocycles. The summed E-state index contributed by atoms with van der Waals surface area (Å²) in [5, 5.41) is 5.35. The summed E-state index contributed by atoms with van der Waals surface area (Å²) in [7, 11) is 0. The lowest BCUT2D eigenvalue weighted by Crippen LogP contribution is -2.11. The molecule has 5 heteroatoms. The fourth-order valence-corrected chi connectivity index (χ4v) is 2.03. The van der Waals surface area contributed by atoms with Crippen LogP contribution in [0.25, 0.3) is 4.96 Å². The fourth-order valence-electron chi connectivity index (χ4n) is 1.09. The molecule has 4 nitrogen and oxygen atoms in total. The number of carbonyl (C=O) groups is 1. The molecule has 0 aromatic carbocycles. The van der Waals surface area contributed by atoms with Gasteiger partial charge in [0.15, 0.2) is 6.29 Å². The van der Waals surface area contributed by atoms with Gasteiger partial charge in [-0.25, -0.2) is 9.50 Å². The third-order valence-corrected chi connectivity index (χ3v) is 3.22. The van der Waals surface area contributed by atoms with Crippen molar-refractivity contribution in [2.75, 3.05) is 0 Å². The predicted octanol–water partition coefficient (Wildman–Crippen LogP) is 1.90. The first-order valence-electron chi connectivity index (χ1n) is 4.32. The lowest BCUT2D eigenvalue weighted by Gasteiger charge is -2.12. The Balaban J connectivity index is 2.63. The molecule has 74 valence electrons. The summed E-state index contributed by atoms with van der Waals surface area (Å²) >= 11 is 1.52. The molecule has 0 aliphatic rings. The van der Waals surface area contributed by atoms with Crippen LogP contribution in [-0.2, 0) is 5.41 Å². The summed E-state index contributed by atoms with van der Waals surface area (Å²) in [6.45, 7) is 6.27. The van der Waals surface area contributed by atoms with Crippen LogP contribution in [0.15, 0.2) is 6.20 Å². The van der Waals surface area contributed by atoms with Crippen molar-refractivity contribution in [1.29, 1.82) is 0 Å². The Kier molecular flexibility index (Phi) is 1.92. The second-order valence-electron chi connectivity index (χ2n) is 4.15. The second-order valence-corrected chi connectivity index (χ2v) is 5.11. The standard InChI is InChI=1S/C9H11N3OS/c1-9(2,3)7-11-12-6(5-13)4-10-8(12)14-7/h4-5H,1-3H3. The summed E-state index contributed by atoms with van der Waals surface area (Å²) in [5.74, 6) is 0. The highest BCUT2D eigenvalue weighted by atomic mass is 32.1. The van der Waals surface area contributed by atoms with Crippen LogP contribution >= 0.6 is 11.3 Å². The highest BCUT2D eigenvalue weighted by Gasteiger charge is 2.20. The highest BCUT2D eigenvalue weighted by molar-refractivity contribution is 7.16. The smallest absolute Gasteiger partial charge is 0.212 e. The molecule has 0 saturated carbocycles. The Bertz CT molecular complexity index is 478. The fraction of sp³-hybridized carbons (Fsp3) is 0.444. The molecule has 2 rings (SSSR count). The van der Waals surface area contributed by atoms with Gasteiger partial charge in [-0.05, 0) is 0 Å². The maximum Gasteiger partial charge on any atom is 0.212 e. The van der Waals surface area contributed by atoms with Gasteiger partial charge in [-0.3, -0.25) is 4.79 Å². The monoisotopic (exact) mass is 209 g/mol. The van der Waals surface area contributed by atoms with Crippen molar-refractivity contribution in [2.24, 2.45) is 0 Å². The Hall–Kier alpha value is -1.23. The van der Waals surface area contributed by atoms with Crippen LogP contribution in [0, 0.1) is 0 Å². The van der Waals surface area contributed by atoms with Crippen LogP contribution in [0.2, 0.25) is 0 Å². The number of hydrogen-bond donors (Lipinski definition) is 0. The number of hydrogen-bond acceptors (Lipinski definition) is 4. The Morgan fingerprint density at radius 2 is 2.21 bits per heavy atom. The van der Waals surface area contributed by atoms with E-state index in [-0.39, 0.29) is 5.41 Å². The third-order valence-electron chi connectivity index (χ3n) is 1.87. The van der Waals surface area contributed by atoms with Gasteiger partial charge in [-0.2, -0.15) is 5.10 Å². The summed E-state index contributed by atoms with van der Waals surface area (Å²) in [6, 6.07) is 0. The van der Waals surface area contributed by atoms with Crippen molar-refractivity contribution in [3.05, 3.63) is 16.9 Å². The Labute approximate surface area is 85.6 Å². The third kappa shape index (κ3) is 1.33. The molecule has 2 heterocycles. The largest absolute Gasteiger partial charge is 0.296 e. The number of aldehydes is 1. The zero-order valence-electron chi connectivity index (χ0n) is 8.31. The summed E-state index contributed by atoms with van der Waals surface area (Å²) in [5.41, 5.74) is 0.512. The van der Waals surface area contributed by atoms with Crippen molar-refractivity contribution < 1.29 is 4.79 Å². The lowest BCUT2D eigenvalue weighted by molar-refractivity contribution is 0.111. The molecule has 0 atom stereocenters. The normalized spacial score (nSPS) is 12.2. The second kappa shape index (κ2) is 2.88. The molecular formula is C9H11N3OS. The summed E-state index contributed by atoms with van der Waals surface area (Å²) < 4.78 is 1.60. The molecule has 0 fully saturated rings. The highest BCUT2D eigenvalue weighted by Crippen LogP contribution is 2.26. The molecule has 2 aromatic rings. The van der Waals surface area contributed by atoms with E-state index in [1.54, 1.807) is 4.52 Å². The van der Waals surface area contributed by atoms with Gasteiger partial charge < -0.3 is 0 Å². The van der Waals surface area contributed by atoms with Gasteiger partial charge in [-0.1, -0.05) is 32.1 Å². The first kappa shape index (κ1) is 9.33. The first-order valence-corrected chi connectivity index (χ1v) is 5.14. The molecule has 0 saturated heterocycles. The number of fused-ring (bicyclic) bond motifs is 1. The van der Waals surface area contributed by atoms with Crippen molar-refractivity contribution in [2.45, 2.75) is 26.2 Å². The van der Waals surface area contributed by atoms with Crippen LogP contribution in [-0.4, -0.2) is 20.9 Å². The van der Waals surface area contributed by atoms with E-state index >= 15 is 0 Å². The minimum Gasteiger partial charge on any atom is -0.296 e. The van der Waals surface area contributed by atoms with Gasteiger partial charge in [0.1, 0.15) is 10.7 Å². The van der Waals surface area contributed by atoms with Gasteiger partial charge in [0, 0.05) is 5.41 Å². The molecule has 14 heavy (non-hydrogen) atoms. The number of carbonyl (C=O) groups excluding carboxylic acids is 1. The van der Waals surface area contributed by atoms with E-state index in [1.165, 1.54) is 17.5 Å². The van der Waals surface area contributed by atoms with Crippen LogP contribution < -0.4 is 0 Å². The van der Waals surface area contributed by atoms with Gasteiger partial charge in [-0.15, -0.1) is 0 Å². The van der Waals surface area contributed by atoms with E-state index in [1.807, 2.05) is 0 Å². The average molecular weight is 209 g/mol. The topological polar surface area (TPSA) is 47.3 Å². The summed E-state index contributed by atoms with van der Waals surface area (Å²) in [4.78, 5) is 15.5. The molecule has 0 bridgehead atoms. The number of rotatable bonds is 1.